The lowest BCUT2D eigenvalue weighted by Gasteiger charge is -2.15. The first-order valence-corrected chi connectivity index (χ1v) is 4.95. The molecule has 0 spiro atoms. The maximum Gasteiger partial charge on any atom is 0.175 e. The van der Waals surface area contributed by atoms with Crippen LogP contribution in [0.5, 0.6) is 0 Å². The number of hydrogen-bond acceptors (Lipinski definition) is 3. The van der Waals surface area contributed by atoms with Gasteiger partial charge in [-0.1, -0.05) is 13.8 Å². The van der Waals surface area contributed by atoms with Crippen molar-refractivity contribution in [2.75, 3.05) is 5.88 Å². The average molecular weight is 203 g/mol. The molecule has 74 valence electrons. The van der Waals surface area contributed by atoms with Gasteiger partial charge in [0.05, 0.1) is 7.05 Å². The number of alkyl halides is 1. The first-order chi connectivity index (χ1) is 6.13. The average Bonchev–Trinajstić information content (AvgIpc) is 2.46. The van der Waals surface area contributed by atoms with Crippen LogP contribution in [0.4, 0.5) is 0 Å². The number of hydrogen-bond donors (Lipinski definition) is 0. The van der Waals surface area contributed by atoms with E-state index < -0.39 is 0 Å². The lowest BCUT2D eigenvalue weighted by Crippen LogP contribution is -2.14. The Balaban J connectivity index is 2.56. The standard InChI is InChI=1S/C8H15ClN4/c1-6(2)7(5-9)4-8-10-12-13(3)11-8/h6-7H,4-5H2,1-3H3. The molecule has 0 bridgehead atoms. The van der Waals surface area contributed by atoms with Crippen LogP contribution in [0.3, 0.4) is 0 Å². The third kappa shape index (κ3) is 2.95. The molecule has 13 heavy (non-hydrogen) atoms. The third-order valence-corrected chi connectivity index (χ3v) is 2.53. The predicted molar refractivity (Wildman–Crippen MR) is 51.6 cm³/mol. The minimum atomic E-state index is 0.436. The number of tetrazole rings is 1. The van der Waals surface area contributed by atoms with Gasteiger partial charge < -0.3 is 0 Å². The molecule has 1 unspecified atom stereocenters. The summed E-state index contributed by atoms with van der Waals surface area (Å²) in [5.41, 5.74) is 0. The van der Waals surface area contributed by atoms with Gasteiger partial charge in [-0.25, -0.2) is 0 Å². The lowest BCUT2D eigenvalue weighted by molar-refractivity contribution is 0.414. The fraction of sp³-hybridized carbons (Fsp3) is 0.875. The Morgan fingerprint density at radius 1 is 1.46 bits per heavy atom. The molecule has 5 heteroatoms. The molecule has 1 rings (SSSR count). The van der Waals surface area contributed by atoms with Crippen molar-refractivity contribution in [2.24, 2.45) is 18.9 Å². The Morgan fingerprint density at radius 3 is 2.54 bits per heavy atom. The third-order valence-electron chi connectivity index (χ3n) is 2.14. The van der Waals surface area contributed by atoms with Crippen molar-refractivity contribution < 1.29 is 0 Å². The molecule has 0 amide bonds. The van der Waals surface area contributed by atoms with Crippen LogP contribution in [0, 0.1) is 11.8 Å². The zero-order chi connectivity index (χ0) is 9.84. The topological polar surface area (TPSA) is 43.6 Å². The minimum absolute atomic E-state index is 0.436. The molecule has 0 aliphatic carbocycles. The van der Waals surface area contributed by atoms with Crippen LogP contribution in [0.1, 0.15) is 19.7 Å². The molecule has 0 aromatic carbocycles. The Kier molecular flexibility index (Phi) is 3.66. The molecule has 1 aromatic heterocycles. The van der Waals surface area contributed by atoms with E-state index in [4.69, 9.17) is 11.6 Å². The smallest absolute Gasteiger partial charge is 0.167 e. The van der Waals surface area contributed by atoms with Crippen LogP contribution >= 0.6 is 11.6 Å². The van der Waals surface area contributed by atoms with Gasteiger partial charge in [-0.05, 0) is 17.0 Å². The van der Waals surface area contributed by atoms with Crippen molar-refractivity contribution in [3.63, 3.8) is 0 Å². The fourth-order valence-corrected chi connectivity index (χ4v) is 1.57. The van der Waals surface area contributed by atoms with Crippen LogP contribution in [-0.4, -0.2) is 26.1 Å². The summed E-state index contributed by atoms with van der Waals surface area (Å²) in [4.78, 5) is 1.47. The Labute approximate surface area is 83.3 Å². The number of nitrogens with zero attached hydrogens (tertiary/aromatic N) is 4. The second kappa shape index (κ2) is 4.56. The van der Waals surface area contributed by atoms with Crippen molar-refractivity contribution in [2.45, 2.75) is 20.3 Å². The predicted octanol–water partition coefficient (Wildman–Crippen LogP) is 1.26. The van der Waals surface area contributed by atoms with Crippen LogP contribution in [0.25, 0.3) is 0 Å². The van der Waals surface area contributed by atoms with Crippen LogP contribution in [0.15, 0.2) is 0 Å². The number of aryl methyl sites for hydroxylation is 1. The second-order valence-corrected chi connectivity index (χ2v) is 3.87. The van der Waals surface area contributed by atoms with Crippen LogP contribution < -0.4 is 0 Å². The largest absolute Gasteiger partial charge is 0.175 e. The molecule has 0 N–H and O–H groups in total. The van der Waals surface area contributed by atoms with Gasteiger partial charge in [-0.15, -0.1) is 21.8 Å². The quantitative estimate of drug-likeness (QED) is 0.691. The van der Waals surface area contributed by atoms with Gasteiger partial charge in [-0.3, -0.25) is 0 Å². The van der Waals surface area contributed by atoms with Gasteiger partial charge in [0.25, 0.3) is 0 Å². The highest BCUT2D eigenvalue weighted by molar-refractivity contribution is 6.18. The number of aromatic nitrogens is 4. The van der Waals surface area contributed by atoms with Crippen molar-refractivity contribution in [3.8, 4) is 0 Å². The van der Waals surface area contributed by atoms with Crippen LogP contribution in [-0.2, 0) is 13.5 Å². The highest BCUT2D eigenvalue weighted by Crippen LogP contribution is 2.16. The summed E-state index contributed by atoms with van der Waals surface area (Å²) in [5, 5.41) is 11.8. The van der Waals surface area contributed by atoms with Crippen molar-refractivity contribution in [1.82, 2.24) is 20.2 Å². The molecule has 4 nitrogen and oxygen atoms in total. The SMILES string of the molecule is CC(C)C(CCl)Cc1nnn(C)n1. The van der Waals surface area contributed by atoms with Gasteiger partial charge in [0, 0.05) is 12.3 Å². The lowest BCUT2D eigenvalue weighted by atomic mass is 9.94. The Morgan fingerprint density at radius 2 is 2.15 bits per heavy atom. The maximum absolute atomic E-state index is 5.84. The van der Waals surface area contributed by atoms with E-state index in [1.807, 2.05) is 0 Å². The van der Waals surface area contributed by atoms with E-state index in [1.165, 1.54) is 4.80 Å². The first-order valence-electron chi connectivity index (χ1n) is 4.42. The molecule has 0 saturated carbocycles. The summed E-state index contributed by atoms with van der Waals surface area (Å²) >= 11 is 5.84. The maximum atomic E-state index is 5.84. The van der Waals surface area contributed by atoms with Crippen LogP contribution in [0.2, 0.25) is 0 Å². The highest BCUT2D eigenvalue weighted by Gasteiger charge is 2.15. The van der Waals surface area contributed by atoms with E-state index in [9.17, 15) is 0 Å². The van der Waals surface area contributed by atoms with Gasteiger partial charge in [0.15, 0.2) is 5.82 Å². The van der Waals surface area contributed by atoms with E-state index in [1.54, 1.807) is 7.05 Å². The highest BCUT2D eigenvalue weighted by atomic mass is 35.5. The molecule has 1 atom stereocenters. The number of halogens is 1. The summed E-state index contributed by atoms with van der Waals surface area (Å²) in [5.74, 6) is 2.42. The fourth-order valence-electron chi connectivity index (χ4n) is 1.11. The molecule has 0 aliphatic heterocycles. The molecule has 0 saturated heterocycles. The van der Waals surface area contributed by atoms with E-state index in [0.29, 0.717) is 17.7 Å². The summed E-state index contributed by atoms with van der Waals surface area (Å²) in [6.45, 7) is 4.31. The second-order valence-electron chi connectivity index (χ2n) is 3.56. The molecule has 1 aromatic rings. The van der Waals surface area contributed by atoms with Gasteiger partial charge in [-0.2, -0.15) is 4.80 Å². The van der Waals surface area contributed by atoms with Crippen molar-refractivity contribution >= 4 is 11.6 Å². The number of rotatable bonds is 4. The van der Waals surface area contributed by atoms with E-state index in [2.05, 4.69) is 29.3 Å². The monoisotopic (exact) mass is 202 g/mol. The summed E-state index contributed by atoms with van der Waals surface area (Å²) in [6, 6.07) is 0. The minimum Gasteiger partial charge on any atom is -0.167 e. The molecule has 0 radical (unpaired) electrons. The van der Waals surface area contributed by atoms with Gasteiger partial charge >= 0.3 is 0 Å². The van der Waals surface area contributed by atoms with E-state index in [-0.39, 0.29) is 0 Å². The molecular formula is C8H15ClN4. The molecular weight excluding hydrogens is 188 g/mol. The molecule has 0 aliphatic rings. The summed E-state index contributed by atoms with van der Waals surface area (Å²) in [6.07, 6.45) is 0.814. The zero-order valence-corrected chi connectivity index (χ0v) is 8.99. The Hall–Kier alpha value is -0.640. The Bertz CT molecular complexity index is 258. The summed E-state index contributed by atoms with van der Waals surface area (Å²) < 4.78 is 0. The zero-order valence-electron chi connectivity index (χ0n) is 8.24. The van der Waals surface area contributed by atoms with E-state index in [0.717, 1.165) is 12.2 Å². The van der Waals surface area contributed by atoms with Crippen molar-refractivity contribution in [3.05, 3.63) is 5.82 Å². The first kappa shape index (κ1) is 10.4. The molecule has 0 fully saturated rings. The normalized spacial score (nSPS) is 13.6. The summed E-state index contributed by atoms with van der Waals surface area (Å²) in [7, 11) is 1.77. The van der Waals surface area contributed by atoms with Crippen molar-refractivity contribution in [1.29, 1.82) is 0 Å². The molecule has 1 heterocycles. The van der Waals surface area contributed by atoms with E-state index >= 15 is 0 Å². The van der Waals surface area contributed by atoms with Gasteiger partial charge in [0.1, 0.15) is 0 Å². The van der Waals surface area contributed by atoms with Gasteiger partial charge in [0.2, 0.25) is 0 Å².